The lowest BCUT2D eigenvalue weighted by molar-refractivity contribution is 0.0746. The highest BCUT2D eigenvalue weighted by molar-refractivity contribution is 5.95. The van der Waals surface area contributed by atoms with Crippen LogP contribution in [-0.2, 0) is 0 Å². The van der Waals surface area contributed by atoms with Crippen LogP contribution in [0.25, 0.3) is 0 Å². The first-order valence-corrected chi connectivity index (χ1v) is 10.5. The molecule has 1 N–H and O–H groups in total. The Morgan fingerprint density at radius 1 is 0.929 bits per heavy atom. The highest BCUT2D eigenvalue weighted by Crippen LogP contribution is 2.21. The van der Waals surface area contributed by atoms with Crippen molar-refractivity contribution in [1.82, 2.24) is 14.9 Å². The standard InChI is InChI=1S/C22H29N5O/c28-22(27-15-13-26(14-16-27)21-9-5-6-11-24-21)18-10-12-23-20(17-18)25-19-7-3-1-2-4-8-19/h5-6,9-12,17,19H,1-4,7-8,13-16H2,(H,23,25). The Bertz CT molecular complexity index is 766. The van der Waals surface area contributed by atoms with Crippen LogP contribution >= 0.6 is 0 Å². The summed E-state index contributed by atoms with van der Waals surface area (Å²) in [7, 11) is 0. The molecule has 0 unspecified atom stereocenters. The number of pyridine rings is 2. The van der Waals surface area contributed by atoms with Gasteiger partial charge in [0.2, 0.25) is 0 Å². The summed E-state index contributed by atoms with van der Waals surface area (Å²) in [6.07, 6.45) is 11.1. The third-order valence-electron chi connectivity index (χ3n) is 5.75. The molecule has 0 spiro atoms. The van der Waals surface area contributed by atoms with Crippen LogP contribution in [0.4, 0.5) is 11.6 Å². The normalized spacial score (nSPS) is 18.6. The molecule has 0 aromatic carbocycles. The van der Waals surface area contributed by atoms with Crippen LogP contribution in [0.2, 0.25) is 0 Å². The summed E-state index contributed by atoms with van der Waals surface area (Å²) < 4.78 is 0. The van der Waals surface area contributed by atoms with E-state index in [0.717, 1.165) is 30.3 Å². The summed E-state index contributed by atoms with van der Waals surface area (Å²) in [6.45, 7) is 3.04. The van der Waals surface area contributed by atoms with Crippen LogP contribution in [0.5, 0.6) is 0 Å². The Kier molecular flexibility index (Phi) is 6.04. The fraction of sp³-hybridized carbons (Fsp3) is 0.500. The zero-order valence-corrected chi connectivity index (χ0v) is 16.4. The van der Waals surface area contributed by atoms with Gasteiger partial charge in [0, 0.05) is 50.2 Å². The topological polar surface area (TPSA) is 61.4 Å². The van der Waals surface area contributed by atoms with E-state index in [1.807, 2.05) is 41.4 Å². The van der Waals surface area contributed by atoms with Gasteiger partial charge in [0.1, 0.15) is 11.6 Å². The van der Waals surface area contributed by atoms with Gasteiger partial charge in [0.15, 0.2) is 0 Å². The van der Waals surface area contributed by atoms with Gasteiger partial charge in [-0.15, -0.1) is 0 Å². The van der Waals surface area contributed by atoms with Gasteiger partial charge in [-0.1, -0.05) is 31.7 Å². The minimum atomic E-state index is 0.0898. The number of amides is 1. The number of anilines is 2. The molecular weight excluding hydrogens is 350 g/mol. The summed E-state index contributed by atoms with van der Waals surface area (Å²) in [5.41, 5.74) is 0.720. The second kappa shape index (κ2) is 9.04. The van der Waals surface area contributed by atoms with Gasteiger partial charge in [-0.05, 0) is 37.1 Å². The SMILES string of the molecule is O=C(c1ccnc(NC2CCCCCC2)c1)N1CCN(c2ccccn2)CC1. The average molecular weight is 380 g/mol. The maximum atomic E-state index is 13.0. The van der Waals surface area contributed by atoms with Crippen LogP contribution in [0.1, 0.15) is 48.9 Å². The van der Waals surface area contributed by atoms with Crippen LogP contribution in [0.3, 0.4) is 0 Å². The molecule has 148 valence electrons. The number of nitrogens with one attached hydrogen (secondary N) is 1. The maximum Gasteiger partial charge on any atom is 0.254 e. The highest BCUT2D eigenvalue weighted by atomic mass is 16.2. The predicted molar refractivity (Wildman–Crippen MR) is 112 cm³/mol. The van der Waals surface area contributed by atoms with E-state index in [0.29, 0.717) is 19.1 Å². The van der Waals surface area contributed by atoms with E-state index in [4.69, 9.17) is 0 Å². The third kappa shape index (κ3) is 4.61. The Morgan fingerprint density at radius 2 is 1.71 bits per heavy atom. The predicted octanol–water partition coefficient (Wildman–Crippen LogP) is 3.57. The fourth-order valence-electron chi connectivity index (χ4n) is 4.14. The molecule has 1 saturated heterocycles. The Morgan fingerprint density at radius 3 is 2.43 bits per heavy atom. The minimum absolute atomic E-state index is 0.0898. The number of hydrogen-bond acceptors (Lipinski definition) is 5. The van der Waals surface area contributed by atoms with Crippen LogP contribution in [0, 0.1) is 0 Å². The second-order valence-corrected chi connectivity index (χ2v) is 7.73. The molecule has 6 heteroatoms. The van der Waals surface area contributed by atoms with Crippen molar-refractivity contribution in [2.75, 3.05) is 36.4 Å². The molecule has 6 nitrogen and oxygen atoms in total. The fourth-order valence-corrected chi connectivity index (χ4v) is 4.14. The lowest BCUT2D eigenvalue weighted by Crippen LogP contribution is -2.49. The monoisotopic (exact) mass is 379 g/mol. The number of carbonyl (C=O) groups is 1. The lowest BCUT2D eigenvalue weighted by Gasteiger charge is -2.35. The molecule has 28 heavy (non-hydrogen) atoms. The molecule has 1 saturated carbocycles. The van der Waals surface area contributed by atoms with Crippen molar-refractivity contribution in [1.29, 1.82) is 0 Å². The van der Waals surface area contributed by atoms with Gasteiger partial charge >= 0.3 is 0 Å². The Balaban J connectivity index is 1.36. The smallest absolute Gasteiger partial charge is 0.254 e. The van der Waals surface area contributed by atoms with Crippen LogP contribution in [0.15, 0.2) is 42.7 Å². The number of carbonyl (C=O) groups excluding carboxylic acids is 1. The molecule has 1 amide bonds. The van der Waals surface area contributed by atoms with Crippen molar-refractivity contribution in [3.63, 3.8) is 0 Å². The molecule has 0 bridgehead atoms. The first-order chi connectivity index (χ1) is 13.8. The van der Waals surface area contributed by atoms with Gasteiger partial charge < -0.3 is 15.1 Å². The lowest BCUT2D eigenvalue weighted by atomic mass is 10.1. The van der Waals surface area contributed by atoms with Crippen molar-refractivity contribution in [2.24, 2.45) is 0 Å². The van der Waals surface area contributed by atoms with Gasteiger partial charge in [0.25, 0.3) is 5.91 Å². The van der Waals surface area contributed by atoms with E-state index in [-0.39, 0.29) is 5.91 Å². The molecule has 4 rings (SSSR count). The summed E-state index contributed by atoms with van der Waals surface area (Å²) >= 11 is 0. The molecule has 2 aliphatic rings. The van der Waals surface area contributed by atoms with E-state index in [1.165, 1.54) is 38.5 Å². The largest absolute Gasteiger partial charge is 0.367 e. The average Bonchev–Trinajstić information content (AvgIpc) is 3.03. The highest BCUT2D eigenvalue weighted by Gasteiger charge is 2.23. The molecule has 2 aromatic heterocycles. The van der Waals surface area contributed by atoms with Gasteiger partial charge in [-0.2, -0.15) is 0 Å². The number of hydrogen-bond donors (Lipinski definition) is 1. The second-order valence-electron chi connectivity index (χ2n) is 7.73. The number of nitrogens with zero attached hydrogens (tertiary/aromatic N) is 4. The summed E-state index contributed by atoms with van der Waals surface area (Å²) in [4.78, 5) is 26.0. The Labute approximate surface area is 167 Å². The molecule has 2 aromatic rings. The Hall–Kier alpha value is -2.63. The van der Waals surface area contributed by atoms with Crippen molar-refractivity contribution >= 4 is 17.5 Å². The number of rotatable bonds is 4. The van der Waals surface area contributed by atoms with E-state index in [2.05, 4.69) is 20.2 Å². The van der Waals surface area contributed by atoms with Crippen molar-refractivity contribution in [2.45, 2.75) is 44.6 Å². The molecule has 3 heterocycles. The first-order valence-electron chi connectivity index (χ1n) is 10.5. The van der Waals surface area contributed by atoms with Crippen LogP contribution in [-0.4, -0.2) is 53.0 Å². The summed E-state index contributed by atoms with van der Waals surface area (Å²) in [5, 5.41) is 3.55. The van der Waals surface area contributed by atoms with E-state index >= 15 is 0 Å². The molecule has 2 fully saturated rings. The van der Waals surface area contributed by atoms with Crippen molar-refractivity contribution in [3.05, 3.63) is 48.3 Å². The zero-order chi connectivity index (χ0) is 19.2. The molecule has 0 atom stereocenters. The molecule has 0 radical (unpaired) electrons. The maximum absolute atomic E-state index is 13.0. The zero-order valence-electron chi connectivity index (χ0n) is 16.4. The van der Waals surface area contributed by atoms with Gasteiger partial charge in [-0.3, -0.25) is 4.79 Å². The van der Waals surface area contributed by atoms with Crippen molar-refractivity contribution in [3.8, 4) is 0 Å². The van der Waals surface area contributed by atoms with E-state index in [9.17, 15) is 4.79 Å². The summed E-state index contributed by atoms with van der Waals surface area (Å²) in [6, 6.07) is 10.2. The minimum Gasteiger partial charge on any atom is -0.367 e. The van der Waals surface area contributed by atoms with E-state index in [1.54, 1.807) is 6.20 Å². The summed E-state index contributed by atoms with van der Waals surface area (Å²) in [5.74, 6) is 1.89. The van der Waals surface area contributed by atoms with Crippen LogP contribution < -0.4 is 10.2 Å². The van der Waals surface area contributed by atoms with Gasteiger partial charge in [-0.25, -0.2) is 9.97 Å². The van der Waals surface area contributed by atoms with Gasteiger partial charge in [0.05, 0.1) is 0 Å². The van der Waals surface area contributed by atoms with E-state index < -0.39 is 0 Å². The number of piperazine rings is 1. The molecule has 1 aliphatic heterocycles. The first kappa shape index (κ1) is 18.7. The molecular formula is C22H29N5O. The molecule has 1 aliphatic carbocycles. The third-order valence-corrected chi connectivity index (χ3v) is 5.75. The number of aromatic nitrogens is 2. The quantitative estimate of drug-likeness (QED) is 0.823. The van der Waals surface area contributed by atoms with Crippen molar-refractivity contribution < 1.29 is 4.79 Å².